The Balaban J connectivity index is 1.78. The fourth-order valence-electron chi connectivity index (χ4n) is 2.43. The molecule has 0 bridgehead atoms. The molecular weight excluding hydrogens is 448 g/mol. The number of halogens is 3. The fourth-order valence-corrected chi connectivity index (χ4v) is 3.84. The Morgan fingerprint density at radius 1 is 1.10 bits per heavy atom. The van der Waals surface area contributed by atoms with Gasteiger partial charge in [0, 0.05) is 16.0 Å². The van der Waals surface area contributed by atoms with Crippen LogP contribution in [0.2, 0.25) is 10.0 Å². The van der Waals surface area contributed by atoms with E-state index in [1.54, 1.807) is 36.5 Å². The zero-order valence-electron chi connectivity index (χ0n) is 16.4. The van der Waals surface area contributed by atoms with Gasteiger partial charge in [0.2, 0.25) is 5.88 Å². The first-order valence-corrected chi connectivity index (χ1v) is 10.6. The molecule has 0 radical (unpaired) electrons. The molecule has 1 heterocycles. The molecule has 0 unspecified atom stereocenters. The van der Waals surface area contributed by atoms with E-state index in [-0.39, 0.29) is 16.7 Å². The van der Waals surface area contributed by atoms with Gasteiger partial charge in [-0.05, 0) is 51.1 Å². The highest BCUT2D eigenvalue weighted by atomic mass is 35.5. The number of pyridine rings is 1. The first-order chi connectivity index (χ1) is 14.2. The van der Waals surface area contributed by atoms with Gasteiger partial charge in [-0.25, -0.2) is 14.2 Å². The molecule has 0 spiro atoms. The topological polar surface area (TPSA) is 48.4 Å². The third-order valence-corrected chi connectivity index (χ3v) is 5.54. The summed E-state index contributed by atoms with van der Waals surface area (Å²) >= 11 is 13.7. The zero-order chi connectivity index (χ0) is 21.8. The zero-order valence-corrected chi connectivity index (χ0v) is 18.7. The van der Waals surface area contributed by atoms with Gasteiger partial charge < -0.3 is 9.47 Å². The van der Waals surface area contributed by atoms with Crippen LogP contribution < -0.4 is 9.47 Å². The number of hydrogen-bond acceptors (Lipinski definition) is 5. The molecule has 0 aliphatic heterocycles. The predicted octanol–water partition coefficient (Wildman–Crippen LogP) is 6.99. The van der Waals surface area contributed by atoms with Crippen molar-refractivity contribution in [2.75, 3.05) is 0 Å². The van der Waals surface area contributed by atoms with Crippen LogP contribution >= 0.6 is 35.0 Å². The van der Waals surface area contributed by atoms with E-state index < -0.39 is 11.8 Å². The number of esters is 1. The van der Waals surface area contributed by atoms with Gasteiger partial charge in [0.15, 0.2) is 0 Å². The highest BCUT2D eigenvalue weighted by molar-refractivity contribution is 7.99. The van der Waals surface area contributed by atoms with Crippen molar-refractivity contribution in [2.24, 2.45) is 0 Å². The molecule has 2 aromatic carbocycles. The molecule has 0 atom stereocenters. The lowest BCUT2D eigenvalue weighted by molar-refractivity contribution is 0.0729. The van der Waals surface area contributed by atoms with Crippen LogP contribution in [0.5, 0.6) is 11.6 Å². The van der Waals surface area contributed by atoms with Gasteiger partial charge in [0.05, 0.1) is 16.7 Å². The smallest absolute Gasteiger partial charge is 0.346 e. The van der Waals surface area contributed by atoms with Crippen LogP contribution in [0.3, 0.4) is 0 Å². The second-order valence-electron chi connectivity index (χ2n) is 6.69. The standard InChI is InChI=1S/C22H18Cl2FNO3S/c1-12(2)28-21-18(24)8-15(11-26-21)30-20-10-19(25)16(9-17(20)23)22(27)29-14-6-4-13(3)5-7-14/h4-12H,1-3H3. The summed E-state index contributed by atoms with van der Waals surface area (Å²) in [5.74, 6) is -0.918. The first-order valence-electron chi connectivity index (χ1n) is 9.01. The molecule has 30 heavy (non-hydrogen) atoms. The molecule has 0 amide bonds. The minimum absolute atomic E-state index is 0.0655. The van der Waals surface area contributed by atoms with E-state index in [0.29, 0.717) is 26.4 Å². The first kappa shape index (κ1) is 22.4. The fraction of sp³-hybridized carbons (Fsp3) is 0.182. The summed E-state index contributed by atoms with van der Waals surface area (Å²) in [6, 6.07) is 11.0. The number of aryl methyl sites for hydroxylation is 1. The molecule has 156 valence electrons. The number of carbonyl (C=O) groups is 1. The molecule has 0 aliphatic rings. The second kappa shape index (κ2) is 9.69. The quantitative estimate of drug-likeness (QED) is 0.289. The highest BCUT2D eigenvalue weighted by Crippen LogP contribution is 2.37. The number of benzene rings is 2. The van der Waals surface area contributed by atoms with Crippen LogP contribution in [-0.4, -0.2) is 17.1 Å². The number of hydrogen-bond donors (Lipinski definition) is 0. The van der Waals surface area contributed by atoms with Crippen LogP contribution in [0.1, 0.15) is 29.8 Å². The Morgan fingerprint density at radius 3 is 2.43 bits per heavy atom. The van der Waals surface area contributed by atoms with Gasteiger partial charge in [0.1, 0.15) is 16.6 Å². The number of carbonyl (C=O) groups excluding carboxylic acids is 1. The summed E-state index contributed by atoms with van der Waals surface area (Å²) in [4.78, 5) is 17.6. The average molecular weight is 466 g/mol. The van der Waals surface area contributed by atoms with E-state index in [1.807, 2.05) is 20.8 Å². The molecule has 0 N–H and O–H groups in total. The van der Waals surface area contributed by atoms with Crippen molar-refractivity contribution in [1.29, 1.82) is 0 Å². The molecule has 0 saturated carbocycles. The molecule has 0 fully saturated rings. The maximum absolute atomic E-state index is 14.6. The van der Waals surface area contributed by atoms with Crippen LogP contribution in [-0.2, 0) is 0 Å². The summed E-state index contributed by atoms with van der Waals surface area (Å²) in [7, 11) is 0. The summed E-state index contributed by atoms with van der Waals surface area (Å²) < 4.78 is 25.3. The maximum atomic E-state index is 14.6. The Kier molecular flexibility index (Phi) is 7.23. The lowest BCUT2D eigenvalue weighted by atomic mass is 10.2. The third-order valence-electron chi connectivity index (χ3n) is 3.83. The van der Waals surface area contributed by atoms with Gasteiger partial charge in [-0.15, -0.1) is 0 Å². The van der Waals surface area contributed by atoms with Gasteiger partial charge >= 0.3 is 5.97 Å². The van der Waals surface area contributed by atoms with Gasteiger partial charge in [-0.3, -0.25) is 0 Å². The number of ether oxygens (including phenoxy) is 2. The van der Waals surface area contributed by atoms with E-state index in [2.05, 4.69) is 4.98 Å². The monoisotopic (exact) mass is 465 g/mol. The molecule has 1 aromatic heterocycles. The maximum Gasteiger partial charge on any atom is 0.346 e. The Labute approximate surface area is 188 Å². The Morgan fingerprint density at radius 2 is 1.80 bits per heavy atom. The molecule has 4 nitrogen and oxygen atoms in total. The van der Waals surface area contributed by atoms with Crippen molar-refractivity contribution in [2.45, 2.75) is 36.7 Å². The Bertz CT molecular complexity index is 1070. The van der Waals surface area contributed by atoms with E-state index in [4.69, 9.17) is 32.7 Å². The van der Waals surface area contributed by atoms with Gasteiger partial charge in [-0.1, -0.05) is 52.7 Å². The predicted molar refractivity (Wildman–Crippen MR) is 117 cm³/mol. The van der Waals surface area contributed by atoms with Crippen molar-refractivity contribution in [3.63, 3.8) is 0 Å². The minimum Gasteiger partial charge on any atom is -0.474 e. The molecular formula is C22H18Cl2FNO3S. The van der Waals surface area contributed by atoms with Crippen molar-refractivity contribution in [3.05, 3.63) is 75.7 Å². The van der Waals surface area contributed by atoms with E-state index in [9.17, 15) is 9.18 Å². The number of rotatable bonds is 6. The second-order valence-corrected chi connectivity index (χ2v) is 8.62. The van der Waals surface area contributed by atoms with Crippen LogP contribution in [0.4, 0.5) is 4.39 Å². The largest absolute Gasteiger partial charge is 0.474 e. The van der Waals surface area contributed by atoms with E-state index in [1.165, 1.54) is 23.9 Å². The average Bonchev–Trinajstić information content (AvgIpc) is 2.68. The van der Waals surface area contributed by atoms with Gasteiger partial charge in [-0.2, -0.15) is 0 Å². The molecule has 0 aliphatic carbocycles. The van der Waals surface area contributed by atoms with Crippen molar-refractivity contribution < 1.29 is 18.7 Å². The summed E-state index contributed by atoms with van der Waals surface area (Å²) in [6.45, 7) is 5.65. The molecule has 0 saturated heterocycles. The van der Waals surface area contributed by atoms with E-state index >= 15 is 0 Å². The van der Waals surface area contributed by atoms with Crippen molar-refractivity contribution >= 4 is 40.9 Å². The number of aromatic nitrogens is 1. The van der Waals surface area contributed by atoms with Crippen LogP contribution in [0.25, 0.3) is 0 Å². The summed E-state index contributed by atoms with van der Waals surface area (Å²) in [5.41, 5.74) is 0.769. The van der Waals surface area contributed by atoms with Crippen LogP contribution in [0, 0.1) is 12.7 Å². The molecule has 8 heteroatoms. The normalized spacial score (nSPS) is 10.9. The molecule has 3 rings (SSSR count). The third kappa shape index (κ3) is 5.65. The van der Waals surface area contributed by atoms with Crippen molar-refractivity contribution in [3.8, 4) is 11.6 Å². The highest BCUT2D eigenvalue weighted by Gasteiger charge is 2.18. The van der Waals surface area contributed by atoms with E-state index in [0.717, 1.165) is 5.56 Å². The minimum atomic E-state index is -0.824. The summed E-state index contributed by atoms with van der Waals surface area (Å²) in [5, 5.41) is 0.541. The van der Waals surface area contributed by atoms with Gasteiger partial charge in [0.25, 0.3) is 0 Å². The summed E-state index contributed by atoms with van der Waals surface area (Å²) in [6.07, 6.45) is 1.49. The SMILES string of the molecule is Cc1ccc(OC(=O)c2cc(Cl)c(Sc3cnc(OC(C)C)c(Cl)c3)cc2F)cc1. The van der Waals surface area contributed by atoms with Crippen LogP contribution in [0.15, 0.2) is 58.5 Å². The lowest BCUT2D eigenvalue weighted by Crippen LogP contribution is -2.11. The number of nitrogens with zero attached hydrogens (tertiary/aromatic N) is 1. The lowest BCUT2D eigenvalue weighted by Gasteiger charge is -2.12. The Hall–Kier alpha value is -2.28. The van der Waals surface area contributed by atoms with Crippen molar-refractivity contribution in [1.82, 2.24) is 4.98 Å². The molecule has 3 aromatic rings.